The highest BCUT2D eigenvalue weighted by atomic mass is 16.7. The van der Waals surface area contributed by atoms with Gasteiger partial charge in [0.2, 0.25) is 0 Å². The lowest BCUT2D eigenvalue weighted by molar-refractivity contribution is -0.361. The van der Waals surface area contributed by atoms with Crippen LogP contribution >= 0.6 is 0 Å². The molecule has 3 aliphatic rings. The molecule has 0 saturated carbocycles. The first-order valence-corrected chi connectivity index (χ1v) is 10.6. The smallest absolute Gasteiger partial charge is 0.187 e. The number of aliphatic hydroxyl groups excluding tert-OH is 11. The quantitative estimate of drug-likeness (QED) is 0.154. The van der Waals surface area contributed by atoms with E-state index in [1.165, 1.54) is 0 Å². The summed E-state index contributed by atoms with van der Waals surface area (Å²) in [6.07, 6.45) is -24.9. The molecule has 3 heterocycles. The number of aliphatic hydroxyl groups is 11. The van der Waals surface area contributed by atoms with E-state index in [1.807, 2.05) is 0 Å². The highest BCUT2D eigenvalue weighted by Crippen LogP contribution is 2.29. The fraction of sp³-hybridized carbons (Fsp3) is 1.00. The molecule has 3 aliphatic heterocycles. The Bertz CT molecular complexity index is 637. The summed E-state index contributed by atoms with van der Waals surface area (Å²) in [4.78, 5) is 0. The Morgan fingerprint density at radius 3 is 1.53 bits per heavy atom. The summed E-state index contributed by atoms with van der Waals surface area (Å²) in [6, 6.07) is 0. The van der Waals surface area contributed by atoms with E-state index in [-0.39, 0.29) is 0 Å². The normalized spacial score (nSPS) is 52.5. The van der Waals surface area contributed by atoms with E-state index in [4.69, 9.17) is 23.7 Å². The zero-order valence-corrected chi connectivity index (χ0v) is 17.7. The van der Waals surface area contributed by atoms with Gasteiger partial charge in [0.15, 0.2) is 18.9 Å². The van der Waals surface area contributed by atoms with Crippen molar-refractivity contribution >= 4 is 0 Å². The molecule has 200 valence electrons. The largest absolute Gasteiger partial charge is 0.394 e. The minimum atomic E-state index is -1.93. The van der Waals surface area contributed by atoms with E-state index < -0.39 is 112 Å². The van der Waals surface area contributed by atoms with E-state index >= 15 is 0 Å². The zero-order valence-electron chi connectivity index (χ0n) is 17.7. The summed E-state index contributed by atoms with van der Waals surface area (Å²) in [5.41, 5.74) is 0. The summed E-state index contributed by atoms with van der Waals surface area (Å²) in [6.45, 7) is -2.06. The Labute approximate surface area is 192 Å². The highest BCUT2D eigenvalue weighted by molar-refractivity contribution is 4.94. The van der Waals surface area contributed by atoms with Crippen LogP contribution in [0.2, 0.25) is 0 Å². The average Bonchev–Trinajstić information content (AvgIpc) is 2.82. The molecule has 0 spiro atoms. The van der Waals surface area contributed by atoms with E-state index in [9.17, 15) is 56.2 Å². The Morgan fingerprint density at radius 2 is 1.00 bits per heavy atom. The van der Waals surface area contributed by atoms with Gasteiger partial charge >= 0.3 is 0 Å². The van der Waals surface area contributed by atoms with Gasteiger partial charge in [0, 0.05) is 0 Å². The van der Waals surface area contributed by atoms with E-state index in [0.717, 1.165) is 0 Å². The second-order valence-electron chi connectivity index (χ2n) is 8.37. The molecule has 0 aromatic heterocycles. The van der Waals surface area contributed by atoms with Gasteiger partial charge < -0.3 is 79.9 Å². The van der Waals surface area contributed by atoms with Crippen LogP contribution in [0.15, 0.2) is 0 Å². The van der Waals surface area contributed by atoms with Crippen molar-refractivity contribution in [3.05, 3.63) is 0 Å². The van der Waals surface area contributed by atoms with Crippen LogP contribution in [0, 0.1) is 0 Å². The molecular formula is C18H32O16. The van der Waals surface area contributed by atoms with Crippen molar-refractivity contribution in [1.82, 2.24) is 0 Å². The third-order valence-corrected chi connectivity index (χ3v) is 6.07. The summed E-state index contributed by atoms with van der Waals surface area (Å²) in [5.74, 6) is 0. The number of hydrogen-bond donors (Lipinski definition) is 11. The first kappa shape index (κ1) is 27.9. The van der Waals surface area contributed by atoms with Crippen LogP contribution in [-0.4, -0.2) is 168 Å². The Hall–Kier alpha value is -0.640. The first-order chi connectivity index (χ1) is 16.0. The predicted octanol–water partition coefficient (Wildman–Crippen LogP) is -7.57. The molecule has 3 fully saturated rings. The van der Waals surface area contributed by atoms with Crippen LogP contribution < -0.4 is 0 Å². The van der Waals surface area contributed by atoms with Gasteiger partial charge in [-0.1, -0.05) is 0 Å². The minimum absolute atomic E-state index is 0.609. The second-order valence-corrected chi connectivity index (χ2v) is 8.37. The molecule has 34 heavy (non-hydrogen) atoms. The molecule has 0 radical (unpaired) electrons. The fourth-order valence-electron chi connectivity index (χ4n) is 3.94. The van der Waals surface area contributed by atoms with Gasteiger partial charge in [0.1, 0.15) is 73.2 Å². The van der Waals surface area contributed by atoms with E-state index in [2.05, 4.69) is 0 Å². The van der Waals surface area contributed by atoms with Crippen molar-refractivity contribution in [2.75, 3.05) is 19.8 Å². The summed E-state index contributed by atoms with van der Waals surface area (Å²) < 4.78 is 26.1. The molecule has 3 rings (SSSR count). The van der Waals surface area contributed by atoms with Crippen molar-refractivity contribution in [2.45, 2.75) is 92.1 Å². The number of hydrogen-bond acceptors (Lipinski definition) is 16. The average molecular weight is 504 g/mol. The van der Waals surface area contributed by atoms with Crippen LogP contribution in [0.3, 0.4) is 0 Å². The SMILES string of the molecule is OC[C@@H]1O[C@@H](O[C@H]2[C@H](O)[C@@H](CO[C@H]3O[C@H](CO)[C@@H](O)[C@H](O)[C@@H]3O)OC(O)[C@H]2O)[C@H](O)[C@H](O)[C@H]1O. The molecular weight excluding hydrogens is 472 g/mol. The first-order valence-electron chi connectivity index (χ1n) is 10.6. The van der Waals surface area contributed by atoms with Gasteiger partial charge in [0.05, 0.1) is 19.8 Å². The van der Waals surface area contributed by atoms with Crippen LogP contribution in [0.5, 0.6) is 0 Å². The molecule has 15 atom stereocenters. The van der Waals surface area contributed by atoms with Crippen molar-refractivity contribution in [1.29, 1.82) is 0 Å². The van der Waals surface area contributed by atoms with Crippen LogP contribution in [0.25, 0.3) is 0 Å². The monoisotopic (exact) mass is 504 g/mol. The van der Waals surface area contributed by atoms with Gasteiger partial charge in [-0.15, -0.1) is 0 Å². The predicted molar refractivity (Wildman–Crippen MR) is 101 cm³/mol. The van der Waals surface area contributed by atoms with Crippen molar-refractivity contribution in [3.8, 4) is 0 Å². The second kappa shape index (κ2) is 11.6. The standard InChI is InChI=1S/C18H32O16/c19-1-4-7(21)10(24)12(26)17(32-4)30-3-6-9(23)15(14(28)16(29)31-6)34-18-13(27)11(25)8(22)5(2-20)33-18/h4-29H,1-3H2/t4-,5+,6-,7-,8+,9-,10+,11-,12+,13-,14+,15+,16?,17+,18+/m1/s1. The van der Waals surface area contributed by atoms with Crippen molar-refractivity contribution in [2.24, 2.45) is 0 Å². The molecule has 11 N–H and O–H groups in total. The topological polar surface area (TPSA) is 269 Å². The lowest BCUT2D eigenvalue weighted by Crippen LogP contribution is -2.65. The maximum Gasteiger partial charge on any atom is 0.187 e. The molecule has 0 amide bonds. The number of ether oxygens (including phenoxy) is 5. The van der Waals surface area contributed by atoms with E-state index in [0.29, 0.717) is 0 Å². The molecule has 1 unspecified atom stereocenters. The summed E-state index contributed by atoms with van der Waals surface area (Å²) >= 11 is 0. The molecule has 0 aromatic carbocycles. The molecule has 3 saturated heterocycles. The summed E-state index contributed by atoms with van der Waals surface area (Å²) in [7, 11) is 0. The fourth-order valence-corrected chi connectivity index (χ4v) is 3.94. The van der Waals surface area contributed by atoms with Crippen LogP contribution in [-0.2, 0) is 23.7 Å². The Morgan fingerprint density at radius 1 is 0.500 bits per heavy atom. The van der Waals surface area contributed by atoms with Gasteiger partial charge in [0.25, 0.3) is 0 Å². The van der Waals surface area contributed by atoms with E-state index in [1.54, 1.807) is 0 Å². The third-order valence-electron chi connectivity index (χ3n) is 6.07. The van der Waals surface area contributed by atoms with Crippen molar-refractivity contribution in [3.63, 3.8) is 0 Å². The summed E-state index contributed by atoms with van der Waals surface area (Å²) in [5, 5.41) is 109. The Balaban J connectivity index is 1.65. The van der Waals surface area contributed by atoms with Crippen LogP contribution in [0.1, 0.15) is 0 Å². The van der Waals surface area contributed by atoms with Gasteiger partial charge in [-0.05, 0) is 0 Å². The number of rotatable bonds is 7. The lowest BCUT2D eigenvalue weighted by Gasteiger charge is -2.45. The molecule has 0 aromatic rings. The van der Waals surface area contributed by atoms with Crippen molar-refractivity contribution < 1.29 is 79.9 Å². The molecule has 16 nitrogen and oxygen atoms in total. The molecule has 16 heteroatoms. The maximum atomic E-state index is 10.6. The Kier molecular flexibility index (Phi) is 9.54. The van der Waals surface area contributed by atoms with Gasteiger partial charge in [-0.3, -0.25) is 0 Å². The van der Waals surface area contributed by atoms with Gasteiger partial charge in [-0.2, -0.15) is 0 Å². The molecule has 0 aliphatic carbocycles. The molecule has 0 bridgehead atoms. The van der Waals surface area contributed by atoms with Crippen LogP contribution in [0.4, 0.5) is 0 Å². The van der Waals surface area contributed by atoms with Gasteiger partial charge in [-0.25, -0.2) is 0 Å². The third kappa shape index (κ3) is 5.52. The minimum Gasteiger partial charge on any atom is -0.394 e. The lowest BCUT2D eigenvalue weighted by atomic mass is 9.97. The zero-order chi connectivity index (χ0) is 25.3. The maximum absolute atomic E-state index is 10.6. The highest BCUT2D eigenvalue weighted by Gasteiger charge is 2.51.